The first-order valence-corrected chi connectivity index (χ1v) is 7.40. The molecule has 0 aromatic rings. The molecule has 0 radical (unpaired) electrons. The molecule has 6 heteroatoms. The van der Waals surface area contributed by atoms with Crippen molar-refractivity contribution in [2.24, 2.45) is 5.92 Å². The summed E-state index contributed by atoms with van der Waals surface area (Å²) in [5, 5.41) is 18.1. The van der Waals surface area contributed by atoms with Crippen LogP contribution < -0.4 is 0 Å². The lowest BCUT2D eigenvalue weighted by Gasteiger charge is -2.39. The summed E-state index contributed by atoms with van der Waals surface area (Å²) in [4.78, 5) is 26.9. The molecule has 2 unspecified atom stereocenters. The van der Waals surface area contributed by atoms with Crippen LogP contribution in [0.3, 0.4) is 0 Å². The number of nitrogens with zero attached hydrogens (tertiary/aromatic N) is 2. The van der Waals surface area contributed by atoms with Crippen molar-refractivity contribution in [1.82, 2.24) is 9.80 Å². The third-order valence-electron chi connectivity index (χ3n) is 3.90. The summed E-state index contributed by atoms with van der Waals surface area (Å²) in [5.74, 6) is -1.46. The third kappa shape index (κ3) is 4.37. The molecule has 116 valence electrons. The lowest BCUT2D eigenvalue weighted by molar-refractivity contribution is -0.141. The van der Waals surface area contributed by atoms with Gasteiger partial charge in [-0.25, -0.2) is 4.79 Å². The number of likely N-dealkylation sites (tertiary alicyclic amines) is 1. The van der Waals surface area contributed by atoms with Crippen molar-refractivity contribution in [2.45, 2.75) is 45.6 Å². The van der Waals surface area contributed by atoms with Crippen LogP contribution in [0.4, 0.5) is 4.79 Å². The van der Waals surface area contributed by atoms with E-state index in [-0.39, 0.29) is 25.2 Å². The quantitative estimate of drug-likeness (QED) is 0.773. The Hall–Kier alpha value is -1.30. The number of carboxylic acids is 1. The van der Waals surface area contributed by atoms with E-state index in [9.17, 15) is 9.59 Å². The molecule has 1 heterocycles. The molecule has 1 saturated heterocycles. The monoisotopic (exact) mass is 286 g/mol. The third-order valence-corrected chi connectivity index (χ3v) is 3.90. The summed E-state index contributed by atoms with van der Waals surface area (Å²) in [6, 6.07) is -0.0193. The van der Waals surface area contributed by atoms with Crippen LogP contribution >= 0.6 is 0 Å². The number of rotatable bonds is 6. The van der Waals surface area contributed by atoms with Crippen LogP contribution in [0.2, 0.25) is 0 Å². The van der Waals surface area contributed by atoms with Crippen LogP contribution in [0.25, 0.3) is 0 Å². The number of carboxylic acid groups (broad SMARTS) is 1. The highest BCUT2D eigenvalue weighted by molar-refractivity contribution is 5.76. The highest BCUT2D eigenvalue weighted by atomic mass is 16.4. The number of carbonyl (C=O) groups is 2. The molecule has 20 heavy (non-hydrogen) atoms. The van der Waals surface area contributed by atoms with Crippen molar-refractivity contribution in [3.63, 3.8) is 0 Å². The van der Waals surface area contributed by atoms with E-state index in [1.54, 1.807) is 16.7 Å². The molecule has 0 saturated carbocycles. The van der Waals surface area contributed by atoms with Gasteiger partial charge in [0.15, 0.2) is 0 Å². The Balaban J connectivity index is 2.69. The summed E-state index contributed by atoms with van der Waals surface area (Å²) in [6.45, 7) is 4.97. The van der Waals surface area contributed by atoms with Gasteiger partial charge in [-0.3, -0.25) is 4.79 Å². The largest absolute Gasteiger partial charge is 0.481 e. The number of piperidine rings is 1. The van der Waals surface area contributed by atoms with Crippen molar-refractivity contribution in [3.8, 4) is 0 Å². The summed E-state index contributed by atoms with van der Waals surface area (Å²) >= 11 is 0. The Bertz CT molecular complexity index is 333. The summed E-state index contributed by atoms with van der Waals surface area (Å²) in [5.41, 5.74) is 0. The van der Waals surface area contributed by atoms with Crippen molar-refractivity contribution < 1.29 is 19.8 Å². The summed E-state index contributed by atoms with van der Waals surface area (Å²) < 4.78 is 0. The molecule has 2 N–H and O–H groups in total. The number of carbonyl (C=O) groups excluding carboxylic acids is 1. The SMILES string of the molecule is CCN(CC(C)C(=O)O)C(=O)N1CCCCC1CCO. The smallest absolute Gasteiger partial charge is 0.320 e. The first-order valence-electron chi connectivity index (χ1n) is 7.40. The van der Waals surface area contributed by atoms with Gasteiger partial charge in [0.2, 0.25) is 0 Å². The molecule has 1 fully saturated rings. The van der Waals surface area contributed by atoms with E-state index in [0.29, 0.717) is 19.5 Å². The predicted molar refractivity (Wildman–Crippen MR) is 75.5 cm³/mol. The highest BCUT2D eigenvalue weighted by Gasteiger charge is 2.30. The molecule has 0 bridgehead atoms. The van der Waals surface area contributed by atoms with E-state index >= 15 is 0 Å². The van der Waals surface area contributed by atoms with Crippen LogP contribution in [0.5, 0.6) is 0 Å². The zero-order valence-corrected chi connectivity index (χ0v) is 12.4. The molecule has 2 atom stereocenters. The Kier molecular flexibility index (Phi) is 6.78. The molecule has 0 spiro atoms. The fraction of sp³-hybridized carbons (Fsp3) is 0.857. The van der Waals surface area contributed by atoms with Gasteiger partial charge in [0.05, 0.1) is 5.92 Å². The van der Waals surface area contributed by atoms with E-state index < -0.39 is 11.9 Å². The standard InChI is InChI=1S/C14H26N2O4/c1-3-15(10-11(2)13(18)19)14(20)16-8-5-4-6-12(16)7-9-17/h11-12,17H,3-10H2,1-2H3,(H,18,19). The number of urea groups is 1. The predicted octanol–water partition coefficient (Wildman–Crippen LogP) is 1.39. The fourth-order valence-electron chi connectivity index (χ4n) is 2.63. The maximum absolute atomic E-state index is 12.5. The van der Waals surface area contributed by atoms with E-state index in [1.165, 1.54) is 0 Å². The zero-order chi connectivity index (χ0) is 15.1. The van der Waals surface area contributed by atoms with Crippen LogP contribution in [-0.4, -0.2) is 64.3 Å². The van der Waals surface area contributed by atoms with E-state index in [4.69, 9.17) is 10.2 Å². The van der Waals surface area contributed by atoms with Gasteiger partial charge in [-0.1, -0.05) is 6.92 Å². The molecule has 1 rings (SSSR count). The number of aliphatic hydroxyl groups is 1. The Labute approximate surface area is 120 Å². The van der Waals surface area contributed by atoms with Gasteiger partial charge in [-0.05, 0) is 32.6 Å². The van der Waals surface area contributed by atoms with Gasteiger partial charge in [-0.2, -0.15) is 0 Å². The number of aliphatic carboxylic acids is 1. The molecule has 1 aliphatic heterocycles. The molecule has 2 amide bonds. The van der Waals surface area contributed by atoms with Crippen LogP contribution in [0.1, 0.15) is 39.5 Å². The number of aliphatic hydroxyl groups excluding tert-OH is 1. The average molecular weight is 286 g/mol. The van der Waals surface area contributed by atoms with Crippen molar-refractivity contribution in [2.75, 3.05) is 26.2 Å². The Morgan fingerprint density at radius 3 is 2.65 bits per heavy atom. The number of hydrogen-bond acceptors (Lipinski definition) is 3. The second-order valence-electron chi connectivity index (χ2n) is 5.42. The van der Waals surface area contributed by atoms with Gasteiger partial charge >= 0.3 is 12.0 Å². The van der Waals surface area contributed by atoms with Gasteiger partial charge in [0, 0.05) is 32.3 Å². The number of amides is 2. The van der Waals surface area contributed by atoms with Gasteiger partial charge in [-0.15, -0.1) is 0 Å². The molecular formula is C14H26N2O4. The normalized spacial score (nSPS) is 20.6. The molecule has 6 nitrogen and oxygen atoms in total. The fourth-order valence-corrected chi connectivity index (χ4v) is 2.63. The average Bonchev–Trinajstić information content (AvgIpc) is 2.44. The van der Waals surface area contributed by atoms with Gasteiger partial charge in [0.1, 0.15) is 0 Å². The first-order chi connectivity index (χ1) is 9.51. The molecular weight excluding hydrogens is 260 g/mol. The highest BCUT2D eigenvalue weighted by Crippen LogP contribution is 2.21. The maximum Gasteiger partial charge on any atom is 0.320 e. The molecule has 1 aliphatic rings. The van der Waals surface area contributed by atoms with Crippen molar-refractivity contribution >= 4 is 12.0 Å². The molecule has 0 aromatic heterocycles. The maximum atomic E-state index is 12.5. The molecule has 0 aromatic carbocycles. The summed E-state index contributed by atoms with van der Waals surface area (Å²) in [7, 11) is 0. The lowest BCUT2D eigenvalue weighted by atomic mass is 10.00. The minimum Gasteiger partial charge on any atom is -0.481 e. The first kappa shape index (κ1) is 16.8. The van der Waals surface area contributed by atoms with Gasteiger partial charge in [0.25, 0.3) is 0 Å². The zero-order valence-electron chi connectivity index (χ0n) is 12.4. The van der Waals surface area contributed by atoms with E-state index in [2.05, 4.69) is 0 Å². The second-order valence-corrected chi connectivity index (χ2v) is 5.42. The van der Waals surface area contributed by atoms with E-state index in [1.807, 2.05) is 6.92 Å². The lowest BCUT2D eigenvalue weighted by Crippen LogP contribution is -2.51. The van der Waals surface area contributed by atoms with Crippen LogP contribution in [0, 0.1) is 5.92 Å². The topological polar surface area (TPSA) is 81.1 Å². The van der Waals surface area contributed by atoms with Crippen molar-refractivity contribution in [3.05, 3.63) is 0 Å². The summed E-state index contributed by atoms with van der Waals surface area (Å²) in [6.07, 6.45) is 3.56. The minimum absolute atomic E-state index is 0.0755. The minimum atomic E-state index is -0.887. The van der Waals surface area contributed by atoms with Crippen LogP contribution in [-0.2, 0) is 4.79 Å². The second kappa shape index (κ2) is 8.09. The van der Waals surface area contributed by atoms with E-state index in [0.717, 1.165) is 19.3 Å². The van der Waals surface area contributed by atoms with Gasteiger partial charge < -0.3 is 20.0 Å². The number of hydrogen-bond donors (Lipinski definition) is 2. The Morgan fingerprint density at radius 1 is 1.40 bits per heavy atom. The van der Waals surface area contributed by atoms with Crippen LogP contribution in [0.15, 0.2) is 0 Å². The Morgan fingerprint density at radius 2 is 2.10 bits per heavy atom. The molecule has 0 aliphatic carbocycles. The van der Waals surface area contributed by atoms with Crippen molar-refractivity contribution in [1.29, 1.82) is 0 Å².